The molecule has 0 fully saturated rings. The molecule has 1 heteroatoms. The number of nitrogens with zero attached hydrogens (tertiary/aromatic N) is 1. The lowest BCUT2D eigenvalue weighted by atomic mass is 9.83. The Morgan fingerprint density at radius 2 is 1.34 bits per heavy atom. The average molecular weight is 375 g/mol. The molecular formula is C28H24N+. The molecular weight excluding hydrogens is 350 g/mol. The molecule has 1 aliphatic rings. The Morgan fingerprint density at radius 1 is 0.690 bits per heavy atom. The van der Waals surface area contributed by atoms with E-state index in [1.165, 1.54) is 44.8 Å². The smallest absolute Gasteiger partial charge is 0.160 e. The van der Waals surface area contributed by atoms with E-state index >= 15 is 0 Å². The van der Waals surface area contributed by atoms with Gasteiger partial charge >= 0.3 is 0 Å². The van der Waals surface area contributed by atoms with Crippen molar-refractivity contribution in [2.75, 3.05) is 0 Å². The minimum absolute atomic E-state index is 1.06. The predicted molar refractivity (Wildman–Crippen MR) is 121 cm³/mol. The van der Waals surface area contributed by atoms with E-state index in [4.69, 9.17) is 0 Å². The maximum absolute atomic E-state index is 2.38. The summed E-state index contributed by atoms with van der Waals surface area (Å²) < 4.78 is 2.38. The molecule has 0 spiro atoms. The fourth-order valence-corrected chi connectivity index (χ4v) is 4.47. The number of aryl methyl sites for hydroxylation is 1. The first kappa shape index (κ1) is 17.6. The third kappa shape index (κ3) is 3.09. The highest BCUT2D eigenvalue weighted by atomic mass is 15.0. The summed E-state index contributed by atoms with van der Waals surface area (Å²) in [6.07, 6.45) is 6.48. The zero-order chi connectivity index (χ0) is 19.6. The van der Waals surface area contributed by atoms with Crippen molar-refractivity contribution in [1.29, 1.82) is 0 Å². The van der Waals surface area contributed by atoms with Crippen molar-refractivity contribution in [2.45, 2.75) is 19.8 Å². The van der Waals surface area contributed by atoms with Gasteiger partial charge in [-0.25, -0.2) is 0 Å². The van der Waals surface area contributed by atoms with Gasteiger partial charge in [-0.2, -0.15) is 4.57 Å². The van der Waals surface area contributed by atoms with Gasteiger partial charge in [-0.05, 0) is 60.7 Å². The summed E-state index contributed by atoms with van der Waals surface area (Å²) in [6.45, 7) is 2.09. The lowest BCUT2D eigenvalue weighted by Crippen LogP contribution is -2.35. The van der Waals surface area contributed by atoms with Crippen LogP contribution in [0.3, 0.4) is 0 Å². The SMILES string of the molecule is C/C=C/[n+]1c(-c2ccccc2)cc(-c2ccccc2)c2c1-c1ccccc1CC2. The van der Waals surface area contributed by atoms with Crippen molar-refractivity contribution in [3.63, 3.8) is 0 Å². The standard InChI is InChI=1S/C28H24N/c1-2-19-29-27(23-14-7-4-8-15-23)20-26(21-11-5-3-6-12-21)25-18-17-22-13-9-10-16-24(22)28(25)29/h2-16,19-20H,17-18H2,1H3/q+1/b19-2+. The maximum Gasteiger partial charge on any atom is 0.222 e. The van der Waals surface area contributed by atoms with Crippen molar-refractivity contribution in [3.8, 4) is 33.6 Å². The molecule has 0 atom stereocenters. The number of allylic oxidation sites excluding steroid dienone is 1. The van der Waals surface area contributed by atoms with Gasteiger partial charge in [0.25, 0.3) is 0 Å². The van der Waals surface area contributed by atoms with Gasteiger partial charge in [0, 0.05) is 17.2 Å². The molecule has 1 nitrogen and oxygen atoms in total. The summed E-state index contributed by atoms with van der Waals surface area (Å²) in [5.74, 6) is 0. The zero-order valence-corrected chi connectivity index (χ0v) is 16.7. The summed E-state index contributed by atoms with van der Waals surface area (Å²) in [7, 11) is 0. The Labute approximate surface area is 172 Å². The monoisotopic (exact) mass is 374 g/mol. The molecule has 0 saturated carbocycles. The van der Waals surface area contributed by atoms with E-state index in [1.807, 2.05) is 0 Å². The molecule has 1 heterocycles. The molecule has 0 amide bonds. The van der Waals surface area contributed by atoms with Gasteiger partial charge in [0.1, 0.15) is 0 Å². The second-order valence-corrected chi connectivity index (χ2v) is 7.51. The van der Waals surface area contributed by atoms with E-state index in [0.717, 1.165) is 12.8 Å². The molecule has 0 aliphatic heterocycles. The van der Waals surface area contributed by atoms with Gasteiger partial charge in [0.15, 0.2) is 6.20 Å². The minimum atomic E-state index is 1.06. The summed E-state index contributed by atoms with van der Waals surface area (Å²) in [5, 5.41) is 0. The predicted octanol–water partition coefficient (Wildman–Crippen LogP) is 6.56. The molecule has 0 radical (unpaired) electrons. The van der Waals surface area contributed by atoms with Crippen molar-refractivity contribution in [3.05, 3.63) is 108 Å². The van der Waals surface area contributed by atoms with Crippen LogP contribution >= 0.6 is 0 Å². The van der Waals surface area contributed by atoms with Crippen LogP contribution in [0.2, 0.25) is 0 Å². The molecule has 3 aromatic carbocycles. The topological polar surface area (TPSA) is 3.88 Å². The van der Waals surface area contributed by atoms with Crippen LogP contribution in [0.1, 0.15) is 18.1 Å². The van der Waals surface area contributed by atoms with Crippen molar-refractivity contribution < 1.29 is 4.57 Å². The second-order valence-electron chi connectivity index (χ2n) is 7.51. The number of pyridine rings is 1. The van der Waals surface area contributed by atoms with E-state index in [2.05, 4.69) is 115 Å². The lowest BCUT2D eigenvalue weighted by Gasteiger charge is -2.21. The number of hydrogen-bond donors (Lipinski definition) is 0. The molecule has 0 unspecified atom stereocenters. The highest BCUT2D eigenvalue weighted by Crippen LogP contribution is 2.39. The molecule has 0 saturated heterocycles. The Kier molecular flexibility index (Phi) is 4.57. The van der Waals surface area contributed by atoms with E-state index in [-0.39, 0.29) is 0 Å². The normalized spacial score (nSPS) is 12.6. The Bertz CT molecular complexity index is 1190. The van der Waals surface area contributed by atoms with Crippen LogP contribution in [-0.4, -0.2) is 0 Å². The van der Waals surface area contributed by atoms with Crippen LogP contribution in [0, 0.1) is 0 Å². The van der Waals surface area contributed by atoms with Gasteiger partial charge in [-0.15, -0.1) is 0 Å². The van der Waals surface area contributed by atoms with Gasteiger partial charge in [-0.3, -0.25) is 0 Å². The summed E-state index contributed by atoms with van der Waals surface area (Å²) >= 11 is 0. The zero-order valence-electron chi connectivity index (χ0n) is 16.7. The Hall–Kier alpha value is -3.45. The van der Waals surface area contributed by atoms with Gasteiger partial charge in [0.2, 0.25) is 11.4 Å². The minimum Gasteiger partial charge on any atom is -0.160 e. The number of rotatable bonds is 3. The van der Waals surface area contributed by atoms with Crippen LogP contribution in [0.25, 0.3) is 39.8 Å². The third-order valence-electron chi connectivity index (χ3n) is 5.76. The molecule has 4 aromatic rings. The molecule has 0 bridgehead atoms. The maximum atomic E-state index is 2.38. The number of benzene rings is 3. The first-order valence-corrected chi connectivity index (χ1v) is 10.3. The molecule has 1 aliphatic carbocycles. The largest absolute Gasteiger partial charge is 0.222 e. The van der Waals surface area contributed by atoms with E-state index in [0.29, 0.717) is 0 Å². The first-order valence-electron chi connectivity index (χ1n) is 10.3. The second kappa shape index (κ2) is 7.52. The van der Waals surface area contributed by atoms with Crippen LogP contribution in [0.5, 0.6) is 0 Å². The molecule has 5 rings (SSSR count). The summed E-state index contributed by atoms with van der Waals surface area (Å²) in [4.78, 5) is 0. The summed E-state index contributed by atoms with van der Waals surface area (Å²) in [6, 6.07) is 32.8. The van der Waals surface area contributed by atoms with Crippen LogP contribution in [0.15, 0.2) is 97.1 Å². The number of hydrogen-bond acceptors (Lipinski definition) is 0. The van der Waals surface area contributed by atoms with E-state index < -0.39 is 0 Å². The quantitative estimate of drug-likeness (QED) is 0.357. The first-order chi connectivity index (χ1) is 14.4. The fraction of sp³-hybridized carbons (Fsp3) is 0.107. The molecule has 29 heavy (non-hydrogen) atoms. The van der Waals surface area contributed by atoms with Crippen LogP contribution in [0.4, 0.5) is 0 Å². The Balaban J connectivity index is 1.91. The van der Waals surface area contributed by atoms with Crippen molar-refractivity contribution in [1.82, 2.24) is 0 Å². The molecule has 140 valence electrons. The van der Waals surface area contributed by atoms with Crippen LogP contribution in [-0.2, 0) is 12.8 Å². The number of aromatic nitrogens is 1. The Morgan fingerprint density at radius 3 is 2.07 bits per heavy atom. The molecule has 1 aromatic heterocycles. The van der Waals surface area contributed by atoms with Gasteiger partial charge in [-0.1, -0.05) is 66.7 Å². The third-order valence-corrected chi connectivity index (χ3v) is 5.76. The number of fused-ring (bicyclic) bond motifs is 3. The molecule has 0 N–H and O–H groups in total. The van der Waals surface area contributed by atoms with Crippen molar-refractivity contribution >= 4 is 6.20 Å². The highest BCUT2D eigenvalue weighted by molar-refractivity contribution is 5.81. The summed E-state index contributed by atoms with van der Waals surface area (Å²) in [5.41, 5.74) is 10.6. The van der Waals surface area contributed by atoms with E-state index in [1.54, 1.807) is 0 Å². The average Bonchev–Trinajstić information content (AvgIpc) is 2.80. The van der Waals surface area contributed by atoms with Gasteiger partial charge < -0.3 is 0 Å². The highest BCUT2D eigenvalue weighted by Gasteiger charge is 2.31. The lowest BCUT2D eigenvalue weighted by molar-refractivity contribution is -0.544. The van der Waals surface area contributed by atoms with Crippen molar-refractivity contribution in [2.24, 2.45) is 0 Å². The van der Waals surface area contributed by atoms with Gasteiger partial charge in [0.05, 0.1) is 5.56 Å². The van der Waals surface area contributed by atoms with Crippen LogP contribution < -0.4 is 4.57 Å². The van der Waals surface area contributed by atoms with E-state index in [9.17, 15) is 0 Å². The fourth-order valence-electron chi connectivity index (χ4n) is 4.47.